The van der Waals surface area contributed by atoms with Gasteiger partial charge in [0.1, 0.15) is 5.75 Å². The third-order valence-electron chi connectivity index (χ3n) is 3.34. The van der Waals surface area contributed by atoms with Gasteiger partial charge in [0.25, 0.3) is 0 Å². The Morgan fingerprint density at radius 1 is 1.07 bits per heavy atom. The number of aromatic nitrogens is 4. The van der Waals surface area contributed by atoms with E-state index < -0.39 is 24.2 Å². The van der Waals surface area contributed by atoms with E-state index in [9.17, 15) is 22.7 Å². The Balaban J connectivity index is 1.74. The van der Waals surface area contributed by atoms with Gasteiger partial charge in [-0.1, -0.05) is 4.68 Å². The summed E-state index contributed by atoms with van der Waals surface area (Å²) >= 11 is 0. The summed E-state index contributed by atoms with van der Waals surface area (Å²) in [6.45, 7) is 0. The maximum atomic E-state index is 12.9. The van der Waals surface area contributed by atoms with Crippen LogP contribution in [0.15, 0.2) is 66.5 Å². The fraction of sp³-hybridized carbons (Fsp3) is 0.118. The van der Waals surface area contributed by atoms with Crippen LogP contribution >= 0.6 is 0 Å². The van der Waals surface area contributed by atoms with Gasteiger partial charge in [0, 0.05) is 23.5 Å². The minimum absolute atomic E-state index is 0.129. The first-order valence-corrected chi connectivity index (χ1v) is 7.70. The van der Waals surface area contributed by atoms with Gasteiger partial charge in [-0.2, -0.15) is 17.6 Å². The minimum Gasteiger partial charge on any atom is -0.854 e. The minimum atomic E-state index is -4.59. The number of hydrogen-bond donors (Lipinski definition) is 0. The Hall–Kier alpha value is -3.63. The van der Waals surface area contributed by atoms with E-state index in [0.29, 0.717) is 5.56 Å². The summed E-state index contributed by atoms with van der Waals surface area (Å²) in [4.78, 5) is 11.8. The molecule has 28 heavy (non-hydrogen) atoms. The standard InChI is InChI=1S/C17H11F4N5O2/c18-16(19)17(20,21)28-13-3-1-11(2-4-13)14-23-9-12(10-24-14)15(27)25-26-7-5-22-6-8-26/h1-10,16H. The molecule has 0 radical (unpaired) electrons. The Morgan fingerprint density at radius 3 is 2.25 bits per heavy atom. The molecule has 0 atom stereocenters. The number of halogens is 4. The van der Waals surface area contributed by atoms with Crippen LogP contribution < -0.4 is 14.5 Å². The molecule has 0 N–H and O–H groups in total. The molecule has 0 bridgehead atoms. The van der Waals surface area contributed by atoms with Crippen molar-refractivity contribution in [2.45, 2.75) is 12.5 Å². The molecule has 0 spiro atoms. The molecular formula is C17H11F4N5O2. The Bertz CT molecular complexity index is 952. The molecule has 0 fully saturated rings. The van der Waals surface area contributed by atoms with Gasteiger partial charge >= 0.3 is 12.5 Å². The van der Waals surface area contributed by atoms with Crippen molar-refractivity contribution in [3.05, 3.63) is 67.0 Å². The van der Waals surface area contributed by atoms with E-state index in [1.54, 1.807) is 0 Å². The first-order valence-electron chi connectivity index (χ1n) is 7.70. The van der Waals surface area contributed by atoms with Crippen LogP contribution in [-0.4, -0.2) is 33.4 Å². The monoisotopic (exact) mass is 393 g/mol. The molecule has 1 aromatic carbocycles. The van der Waals surface area contributed by atoms with Crippen molar-refractivity contribution in [3.8, 4) is 17.1 Å². The van der Waals surface area contributed by atoms with Gasteiger partial charge < -0.3 is 9.84 Å². The molecular weight excluding hydrogens is 382 g/mol. The summed E-state index contributed by atoms with van der Waals surface area (Å²) in [7, 11) is 0. The van der Waals surface area contributed by atoms with Crippen LogP contribution in [0.4, 0.5) is 17.6 Å². The van der Waals surface area contributed by atoms with Crippen molar-refractivity contribution >= 4 is 5.90 Å². The average Bonchev–Trinajstić information content (AvgIpc) is 2.69. The highest BCUT2D eigenvalue weighted by atomic mass is 19.3. The molecule has 2 aromatic heterocycles. The fourth-order valence-electron chi connectivity index (χ4n) is 2.00. The van der Waals surface area contributed by atoms with Crippen LogP contribution in [0.3, 0.4) is 0 Å². The number of nitrogens with zero attached hydrogens (tertiary/aromatic N) is 5. The second-order valence-electron chi connectivity index (χ2n) is 5.31. The molecule has 0 unspecified atom stereocenters. The summed E-state index contributed by atoms with van der Waals surface area (Å²) < 4.78 is 55.3. The lowest BCUT2D eigenvalue weighted by Crippen LogP contribution is -2.33. The van der Waals surface area contributed by atoms with Crippen molar-refractivity contribution in [2.24, 2.45) is 5.10 Å². The quantitative estimate of drug-likeness (QED) is 0.275. The molecule has 3 aromatic rings. The molecule has 0 aliphatic carbocycles. The number of alkyl halides is 4. The van der Waals surface area contributed by atoms with Crippen LogP contribution in [0.1, 0.15) is 5.56 Å². The first-order chi connectivity index (χ1) is 13.3. The normalized spacial score (nSPS) is 12.2. The summed E-state index contributed by atoms with van der Waals surface area (Å²) in [6.07, 6.45) is -0.145. The van der Waals surface area contributed by atoms with Gasteiger partial charge in [-0.05, 0) is 29.4 Å². The van der Waals surface area contributed by atoms with Crippen LogP contribution in [0.5, 0.6) is 5.75 Å². The molecule has 0 saturated carbocycles. The molecule has 0 amide bonds. The van der Waals surface area contributed by atoms with Gasteiger partial charge in [0.15, 0.2) is 5.82 Å². The van der Waals surface area contributed by atoms with E-state index in [2.05, 4.69) is 24.8 Å². The van der Waals surface area contributed by atoms with Gasteiger partial charge in [-0.3, -0.25) is 4.98 Å². The number of benzene rings is 1. The molecule has 3 rings (SSSR count). The van der Waals surface area contributed by atoms with E-state index in [1.165, 1.54) is 54.0 Å². The highest BCUT2D eigenvalue weighted by Gasteiger charge is 2.43. The molecule has 0 aliphatic rings. The van der Waals surface area contributed by atoms with Crippen LogP contribution in [0.2, 0.25) is 0 Å². The van der Waals surface area contributed by atoms with Crippen molar-refractivity contribution < 1.29 is 32.1 Å². The zero-order valence-electron chi connectivity index (χ0n) is 13.9. The predicted octanol–water partition coefficient (Wildman–Crippen LogP) is 1.63. The Kier molecular flexibility index (Phi) is 5.43. The van der Waals surface area contributed by atoms with E-state index >= 15 is 0 Å². The smallest absolute Gasteiger partial charge is 0.461 e. The highest BCUT2D eigenvalue weighted by Crippen LogP contribution is 2.28. The zero-order chi connectivity index (χ0) is 20.1. The van der Waals surface area contributed by atoms with Gasteiger partial charge in [-0.15, -0.1) is 0 Å². The Labute approximate surface area is 155 Å². The summed E-state index contributed by atoms with van der Waals surface area (Å²) in [5.41, 5.74) is 0.539. The SMILES string of the molecule is [O-]/C(=N\[n+]1ccncc1)c1cnc(-c2ccc(OC(F)(F)C(F)F)cc2)nc1. The first kappa shape index (κ1) is 19.1. The van der Waals surface area contributed by atoms with Gasteiger partial charge in [0.05, 0.1) is 18.3 Å². The van der Waals surface area contributed by atoms with Crippen LogP contribution in [0.25, 0.3) is 11.4 Å². The topological polar surface area (TPSA) is 87.2 Å². The number of rotatable bonds is 6. The zero-order valence-corrected chi connectivity index (χ0v) is 13.9. The van der Waals surface area contributed by atoms with Crippen molar-refractivity contribution in [1.29, 1.82) is 0 Å². The average molecular weight is 393 g/mol. The van der Waals surface area contributed by atoms with Gasteiger partial charge in [-0.25, -0.2) is 9.97 Å². The maximum absolute atomic E-state index is 12.9. The summed E-state index contributed by atoms with van der Waals surface area (Å²) in [6, 6.07) is 4.82. The molecule has 0 saturated heterocycles. The number of hydrogen-bond acceptors (Lipinski definition) is 6. The lowest BCUT2D eigenvalue weighted by molar-refractivity contribution is -0.682. The van der Waals surface area contributed by atoms with Gasteiger partial charge in [0.2, 0.25) is 12.4 Å². The van der Waals surface area contributed by atoms with E-state index in [-0.39, 0.29) is 11.4 Å². The largest absolute Gasteiger partial charge is 0.854 e. The third kappa shape index (κ3) is 4.55. The Morgan fingerprint density at radius 2 is 1.68 bits per heavy atom. The predicted molar refractivity (Wildman–Crippen MR) is 85.4 cm³/mol. The van der Waals surface area contributed by atoms with E-state index in [4.69, 9.17) is 0 Å². The van der Waals surface area contributed by atoms with Crippen LogP contribution in [-0.2, 0) is 0 Å². The van der Waals surface area contributed by atoms with E-state index in [0.717, 1.165) is 12.1 Å². The lowest BCUT2D eigenvalue weighted by atomic mass is 10.2. The van der Waals surface area contributed by atoms with E-state index in [1.807, 2.05) is 0 Å². The highest BCUT2D eigenvalue weighted by molar-refractivity contribution is 5.89. The summed E-state index contributed by atoms with van der Waals surface area (Å²) in [5.74, 6) is -0.824. The molecule has 11 heteroatoms. The van der Waals surface area contributed by atoms with Crippen molar-refractivity contribution in [3.63, 3.8) is 0 Å². The lowest BCUT2D eigenvalue weighted by Gasteiger charge is -2.16. The number of ether oxygens (including phenoxy) is 1. The van der Waals surface area contributed by atoms with Crippen LogP contribution in [0, 0.1) is 0 Å². The maximum Gasteiger partial charge on any atom is 0.461 e. The second-order valence-corrected chi connectivity index (χ2v) is 5.31. The molecule has 2 heterocycles. The summed E-state index contributed by atoms with van der Waals surface area (Å²) in [5, 5.41) is 15.9. The van der Waals surface area contributed by atoms with Crippen molar-refractivity contribution in [1.82, 2.24) is 15.0 Å². The molecule has 7 nitrogen and oxygen atoms in total. The fourth-order valence-corrected chi connectivity index (χ4v) is 2.00. The molecule has 0 aliphatic heterocycles. The third-order valence-corrected chi connectivity index (χ3v) is 3.34. The second kappa shape index (κ2) is 7.94. The molecule has 144 valence electrons. The van der Waals surface area contributed by atoms with Crippen molar-refractivity contribution in [2.75, 3.05) is 0 Å².